The predicted octanol–water partition coefficient (Wildman–Crippen LogP) is 5.82. The van der Waals surface area contributed by atoms with Gasteiger partial charge in [0.05, 0.1) is 5.02 Å². The van der Waals surface area contributed by atoms with Crippen LogP contribution in [0.3, 0.4) is 0 Å². The summed E-state index contributed by atoms with van der Waals surface area (Å²) in [6, 6.07) is 14.9. The Hall–Kier alpha value is -2.26. The second kappa shape index (κ2) is 7.54. The fraction of sp³-hybridized carbons (Fsp3) is 0.250. The Labute approximate surface area is 147 Å². The number of Topliss-reactive ketones (excluding diaryl/α,β-unsaturated/α-hetero) is 1. The first-order valence-electron chi connectivity index (χ1n) is 8.16. The largest absolute Gasteiger partial charge is 0.456 e. The quantitative estimate of drug-likeness (QED) is 0.712. The smallest absolute Gasteiger partial charge is 0.163 e. The number of benzene rings is 2. The number of para-hydroxylation sites is 1. The van der Waals surface area contributed by atoms with Gasteiger partial charge in [-0.15, -0.1) is 0 Å². The molecule has 124 valence electrons. The van der Waals surface area contributed by atoms with Crippen molar-refractivity contribution in [1.82, 2.24) is 0 Å². The Kier molecular flexibility index (Phi) is 5.21. The summed E-state index contributed by atoms with van der Waals surface area (Å²) >= 11 is 6.09. The van der Waals surface area contributed by atoms with E-state index in [-0.39, 0.29) is 11.7 Å². The van der Waals surface area contributed by atoms with E-state index in [2.05, 4.69) is 5.32 Å². The molecule has 0 radical (unpaired) electrons. The molecular formula is C20H20ClNO2. The first kappa shape index (κ1) is 16.6. The van der Waals surface area contributed by atoms with Crippen LogP contribution in [0.1, 0.15) is 26.2 Å². The molecule has 0 spiro atoms. The van der Waals surface area contributed by atoms with Crippen molar-refractivity contribution in [2.75, 3.05) is 5.32 Å². The number of carbonyl (C=O) groups is 1. The number of nitrogens with one attached hydrogen (secondary N) is 1. The van der Waals surface area contributed by atoms with Crippen molar-refractivity contribution in [3.05, 3.63) is 65.3 Å². The predicted molar refractivity (Wildman–Crippen MR) is 97.7 cm³/mol. The number of hydrogen-bond donors (Lipinski definition) is 1. The van der Waals surface area contributed by atoms with E-state index in [1.807, 2.05) is 55.6 Å². The third-order valence-corrected chi connectivity index (χ3v) is 4.49. The third-order valence-electron chi connectivity index (χ3n) is 4.18. The van der Waals surface area contributed by atoms with Crippen LogP contribution in [0.15, 0.2) is 60.3 Å². The lowest BCUT2D eigenvalue weighted by Crippen LogP contribution is -2.19. The van der Waals surface area contributed by atoms with Crippen LogP contribution in [0.25, 0.3) is 0 Å². The Bertz CT molecular complexity index is 752. The molecule has 2 aromatic rings. The second-order valence-corrected chi connectivity index (χ2v) is 6.44. The van der Waals surface area contributed by atoms with Crippen LogP contribution >= 0.6 is 11.6 Å². The number of ether oxygens (including phenoxy) is 1. The number of ketones is 1. The van der Waals surface area contributed by atoms with E-state index < -0.39 is 0 Å². The van der Waals surface area contributed by atoms with Crippen molar-refractivity contribution in [3.63, 3.8) is 0 Å². The zero-order chi connectivity index (χ0) is 16.9. The molecule has 24 heavy (non-hydrogen) atoms. The average Bonchev–Trinajstić information content (AvgIpc) is 2.59. The lowest BCUT2D eigenvalue weighted by Gasteiger charge is -2.19. The van der Waals surface area contributed by atoms with Gasteiger partial charge < -0.3 is 10.1 Å². The van der Waals surface area contributed by atoms with Crippen molar-refractivity contribution in [2.45, 2.75) is 26.2 Å². The van der Waals surface area contributed by atoms with Crippen molar-refractivity contribution >= 4 is 23.1 Å². The number of hydrogen-bond acceptors (Lipinski definition) is 3. The van der Waals surface area contributed by atoms with Gasteiger partial charge in [0.2, 0.25) is 0 Å². The molecule has 0 heterocycles. The van der Waals surface area contributed by atoms with E-state index in [0.29, 0.717) is 16.5 Å². The Morgan fingerprint density at radius 3 is 2.67 bits per heavy atom. The molecule has 0 unspecified atom stereocenters. The minimum Gasteiger partial charge on any atom is -0.456 e. The highest BCUT2D eigenvalue weighted by Crippen LogP contribution is 2.29. The molecule has 3 nitrogen and oxygen atoms in total. The van der Waals surface area contributed by atoms with Crippen LogP contribution in [0.5, 0.6) is 11.5 Å². The maximum Gasteiger partial charge on any atom is 0.163 e. The van der Waals surface area contributed by atoms with Gasteiger partial charge in [0.1, 0.15) is 11.5 Å². The van der Waals surface area contributed by atoms with Gasteiger partial charge in [-0.2, -0.15) is 0 Å². The van der Waals surface area contributed by atoms with E-state index in [1.54, 1.807) is 6.07 Å². The summed E-state index contributed by atoms with van der Waals surface area (Å²) in [6.07, 6.45) is 4.75. The van der Waals surface area contributed by atoms with Gasteiger partial charge in [0, 0.05) is 23.4 Å². The highest BCUT2D eigenvalue weighted by Gasteiger charge is 2.22. The Morgan fingerprint density at radius 2 is 1.92 bits per heavy atom. The molecule has 1 atom stereocenters. The molecule has 0 saturated heterocycles. The fourth-order valence-corrected chi connectivity index (χ4v) is 2.93. The van der Waals surface area contributed by atoms with Gasteiger partial charge in [-0.3, -0.25) is 4.79 Å². The monoisotopic (exact) mass is 341 g/mol. The summed E-state index contributed by atoms with van der Waals surface area (Å²) in [5.74, 6) is 1.73. The van der Waals surface area contributed by atoms with Crippen molar-refractivity contribution in [1.29, 1.82) is 0 Å². The summed E-state index contributed by atoms with van der Waals surface area (Å²) in [5.41, 5.74) is 1.80. The average molecular weight is 342 g/mol. The molecule has 1 aliphatic rings. The maximum atomic E-state index is 12.1. The summed E-state index contributed by atoms with van der Waals surface area (Å²) in [7, 11) is 0. The minimum absolute atomic E-state index is 0.137. The van der Waals surface area contributed by atoms with Gasteiger partial charge in [-0.1, -0.05) is 30.7 Å². The maximum absolute atomic E-state index is 12.1. The summed E-state index contributed by atoms with van der Waals surface area (Å²) < 4.78 is 5.76. The van der Waals surface area contributed by atoms with Gasteiger partial charge in [-0.05, 0) is 55.7 Å². The highest BCUT2D eigenvalue weighted by molar-refractivity contribution is 6.32. The topological polar surface area (TPSA) is 38.3 Å². The molecule has 0 amide bonds. The molecule has 1 fully saturated rings. The number of allylic oxidation sites excluding steroid dienone is 1. The van der Waals surface area contributed by atoms with E-state index in [0.717, 1.165) is 30.5 Å². The Morgan fingerprint density at radius 1 is 1.17 bits per heavy atom. The molecule has 2 aromatic carbocycles. The van der Waals surface area contributed by atoms with E-state index in [4.69, 9.17) is 16.3 Å². The molecule has 0 aliphatic heterocycles. The molecule has 4 heteroatoms. The molecule has 0 aromatic heterocycles. The van der Waals surface area contributed by atoms with Crippen molar-refractivity contribution < 1.29 is 9.53 Å². The number of rotatable bonds is 4. The number of halogens is 1. The molecule has 1 saturated carbocycles. The second-order valence-electron chi connectivity index (χ2n) is 6.03. The fourth-order valence-electron chi connectivity index (χ4n) is 2.76. The zero-order valence-electron chi connectivity index (χ0n) is 13.6. The minimum atomic E-state index is 0.137. The van der Waals surface area contributed by atoms with Crippen LogP contribution in [0, 0.1) is 5.92 Å². The molecule has 1 aliphatic carbocycles. The third kappa shape index (κ3) is 3.98. The first-order chi connectivity index (χ1) is 11.6. The van der Waals surface area contributed by atoms with E-state index in [9.17, 15) is 4.79 Å². The number of anilines is 1. The van der Waals surface area contributed by atoms with Crippen molar-refractivity contribution in [3.8, 4) is 11.5 Å². The lowest BCUT2D eigenvalue weighted by molar-refractivity contribution is -0.119. The summed E-state index contributed by atoms with van der Waals surface area (Å²) in [4.78, 5) is 12.1. The standard InChI is InChI=1S/C20H20ClNO2/c1-14-5-4-6-15(20(14)23)13-22-16-9-11-17(12-10-16)24-19-8-3-2-7-18(19)21/h2-3,7-14,22H,4-6H2,1H3/b15-13-/t14-/m1/s1. The highest BCUT2D eigenvalue weighted by atomic mass is 35.5. The molecule has 3 rings (SSSR count). The van der Waals surface area contributed by atoms with E-state index in [1.165, 1.54) is 0 Å². The van der Waals surface area contributed by atoms with Gasteiger partial charge in [0.15, 0.2) is 5.78 Å². The van der Waals surface area contributed by atoms with Crippen molar-refractivity contribution in [2.24, 2.45) is 5.92 Å². The molecule has 1 N–H and O–H groups in total. The van der Waals surface area contributed by atoms with Gasteiger partial charge in [0.25, 0.3) is 0 Å². The van der Waals surface area contributed by atoms with E-state index >= 15 is 0 Å². The molecular weight excluding hydrogens is 322 g/mol. The Balaban J connectivity index is 1.65. The van der Waals surface area contributed by atoms with Gasteiger partial charge >= 0.3 is 0 Å². The van der Waals surface area contributed by atoms with Crippen LogP contribution in [0.4, 0.5) is 5.69 Å². The van der Waals surface area contributed by atoms with Crippen LogP contribution in [0.2, 0.25) is 5.02 Å². The number of carbonyl (C=O) groups excluding carboxylic acids is 1. The normalized spacial score (nSPS) is 19.3. The first-order valence-corrected chi connectivity index (χ1v) is 8.53. The molecule has 0 bridgehead atoms. The zero-order valence-corrected chi connectivity index (χ0v) is 14.3. The SMILES string of the molecule is C[C@@H]1CCC/C(=C/Nc2ccc(Oc3ccccc3Cl)cc2)C1=O. The van der Waals surface area contributed by atoms with Crippen LogP contribution in [-0.4, -0.2) is 5.78 Å². The summed E-state index contributed by atoms with van der Waals surface area (Å²) in [6.45, 7) is 2.00. The van der Waals surface area contributed by atoms with Crippen LogP contribution < -0.4 is 10.1 Å². The van der Waals surface area contributed by atoms with Crippen LogP contribution in [-0.2, 0) is 4.79 Å². The van der Waals surface area contributed by atoms with Gasteiger partial charge in [-0.25, -0.2) is 0 Å². The summed E-state index contributed by atoms with van der Waals surface area (Å²) in [5, 5.41) is 3.78. The lowest BCUT2D eigenvalue weighted by atomic mass is 9.86.